The van der Waals surface area contributed by atoms with Crippen LogP contribution in [0, 0.1) is 0 Å². The fourth-order valence-corrected chi connectivity index (χ4v) is 3.89. The van der Waals surface area contributed by atoms with E-state index in [2.05, 4.69) is 19.2 Å². The van der Waals surface area contributed by atoms with E-state index in [0.29, 0.717) is 0 Å². The highest BCUT2D eigenvalue weighted by Crippen LogP contribution is 2.44. The fourth-order valence-electron chi connectivity index (χ4n) is 3.56. The highest BCUT2D eigenvalue weighted by Gasteiger charge is 2.57. The Bertz CT molecular complexity index is 1100. The quantitative estimate of drug-likeness (QED) is 0.526. The topological polar surface area (TPSA) is 193 Å². The molecule has 4 N–H and O–H groups in total. The summed E-state index contributed by atoms with van der Waals surface area (Å²) in [5.41, 5.74) is 6.02. The Hall–Kier alpha value is -2.43. The maximum atomic E-state index is 12.2. The summed E-state index contributed by atoms with van der Waals surface area (Å²) in [6.07, 6.45) is -2.02. The molecule has 0 aromatic carbocycles. The van der Waals surface area contributed by atoms with Crippen LogP contribution in [-0.4, -0.2) is 72.0 Å². The van der Waals surface area contributed by atoms with Gasteiger partial charge in [-0.3, -0.25) is 4.18 Å². The molecule has 2 saturated heterocycles. The Kier molecular flexibility index (Phi) is 4.91. The van der Waals surface area contributed by atoms with E-state index in [1.165, 1.54) is 18.1 Å². The minimum atomic E-state index is -4.20. The van der Waals surface area contributed by atoms with Gasteiger partial charge in [-0.1, -0.05) is 0 Å². The summed E-state index contributed by atoms with van der Waals surface area (Å²) in [7, 11) is -3.00. The molecule has 15 heteroatoms. The number of esters is 1. The second-order valence-corrected chi connectivity index (χ2v) is 8.37. The number of nitrogens with zero attached hydrogens (tertiary/aromatic N) is 4. The minimum Gasteiger partial charge on any atom is -0.464 e. The van der Waals surface area contributed by atoms with Gasteiger partial charge in [0.15, 0.2) is 23.4 Å². The van der Waals surface area contributed by atoms with Crippen molar-refractivity contribution in [1.29, 1.82) is 0 Å². The van der Waals surface area contributed by atoms with Gasteiger partial charge in [-0.25, -0.2) is 24.6 Å². The number of nitrogens with two attached hydrogens (primary N) is 2. The molecule has 0 saturated carbocycles. The van der Waals surface area contributed by atoms with Crippen LogP contribution in [0.5, 0.6) is 0 Å². The molecule has 30 heavy (non-hydrogen) atoms. The van der Waals surface area contributed by atoms with Gasteiger partial charge in [0.2, 0.25) is 0 Å². The number of nitrogen functional groups attached to an aromatic ring is 1. The van der Waals surface area contributed by atoms with E-state index in [4.69, 9.17) is 29.8 Å². The maximum Gasteiger partial charge on any atom is 0.359 e. The van der Waals surface area contributed by atoms with Crippen LogP contribution in [0.2, 0.25) is 0 Å². The molecule has 164 valence electrons. The summed E-state index contributed by atoms with van der Waals surface area (Å²) < 4.78 is 50.9. The van der Waals surface area contributed by atoms with Crippen molar-refractivity contribution in [3.05, 3.63) is 12.0 Å². The summed E-state index contributed by atoms with van der Waals surface area (Å²) in [5, 5.41) is 9.37. The van der Waals surface area contributed by atoms with Gasteiger partial charge in [0.25, 0.3) is 0 Å². The van der Waals surface area contributed by atoms with Crippen molar-refractivity contribution in [1.82, 2.24) is 19.7 Å². The number of hydrogen-bond donors (Lipinski definition) is 2. The lowest BCUT2D eigenvalue weighted by molar-refractivity contribution is -0.200. The lowest BCUT2D eigenvalue weighted by Crippen LogP contribution is -2.34. The normalized spacial score (nSPS) is 28.0. The number of fused-ring (bicyclic) bond motifs is 2. The van der Waals surface area contributed by atoms with Crippen LogP contribution in [0.4, 0.5) is 5.82 Å². The number of carbonyl (C=O) groups excluding carboxylic acids is 1. The van der Waals surface area contributed by atoms with Crippen molar-refractivity contribution in [2.45, 2.75) is 44.2 Å². The minimum absolute atomic E-state index is 0.0271. The first-order valence-corrected chi connectivity index (χ1v) is 10.2. The second kappa shape index (κ2) is 7.07. The standard InChI is InChI=1S/C15H20N6O8S/c1-15(2)28-9-6(4-26-30(17,23)24)27-13(10(9)29-15)21-12-7(11(16)18-5-19-12)8(20-21)14(22)25-3/h5-6,9-10,13H,4H2,1-3H3,(H2,16,18,19)(H2,17,23,24)/t6-,9-,10-,13-/m1/s1. The third kappa shape index (κ3) is 3.59. The summed E-state index contributed by atoms with van der Waals surface area (Å²) in [6.45, 7) is 2.98. The van der Waals surface area contributed by atoms with Crippen molar-refractivity contribution >= 4 is 33.1 Å². The van der Waals surface area contributed by atoms with Crippen LogP contribution in [0.25, 0.3) is 11.0 Å². The maximum absolute atomic E-state index is 12.2. The predicted molar refractivity (Wildman–Crippen MR) is 97.9 cm³/mol. The van der Waals surface area contributed by atoms with Gasteiger partial charge >= 0.3 is 16.3 Å². The number of rotatable bonds is 5. The fraction of sp³-hybridized carbons (Fsp3) is 0.600. The van der Waals surface area contributed by atoms with E-state index >= 15 is 0 Å². The molecule has 4 rings (SSSR count). The SMILES string of the molecule is COC(=O)c1nn([C@@H]2O[C@H](COS(N)(=O)=O)[C@H]3OC(C)(C)O[C@H]32)c2ncnc(N)c12. The Balaban J connectivity index is 1.77. The van der Waals surface area contributed by atoms with Crippen molar-refractivity contribution in [2.24, 2.45) is 5.14 Å². The number of aromatic nitrogens is 4. The smallest absolute Gasteiger partial charge is 0.359 e. The molecule has 0 bridgehead atoms. The van der Waals surface area contributed by atoms with Crippen molar-refractivity contribution in [2.75, 3.05) is 19.5 Å². The molecule has 2 aliphatic heterocycles. The first-order chi connectivity index (χ1) is 14.0. The molecule has 0 aliphatic carbocycles. The average molecular weight is 444 g/mol. The number of carbonyl (C=O) groups is 1. The third-order valence-electron chi connectivity index (χ3n) is 4.66. The number of ether oxygens (including phenoxy) is 4. The molecule has 2 fully saturated rings. The zero-order chi connectivity index (χ0) is 21.8. The Morgan fingerprint density at radius 2 is 2.00 bits per heavy atom. The van der Waals surface area contributed by atoms with E-state index in [9.17, 15) is 13.2 Å². The Labute approximate surface area is 170 Å². The molecule has 0 spiro atoms. The van der Waals surface area contributed by atoms with Gasteiger partial charge in [-0.2, -0.15) is 13.5 Å². The highest BCUT2D eigenvalue weighted by atomic mass is 32.2. The monoisotopic (exact) mass is 444 g/mol. The zero-order valence-corrected chi connectivity index (χ0v) is 17.0. The second-order valence-electron chi connectivity index (χ2n) is 7.15. The van der Waals surface area contributed by atoms with Crippen LogP contribution >= 0.6 is 0 Å². The summed E-state index contributed by atoms with van der Waals surface area (Å²) in [4.78, 5) is 20.3. The molecular formula is C15H20N6O8S. The van der Waals surface area contributed by atoms with E-state index in [1.54, 1.807) is 13.8 Å². The molecule has 2 aliphatic rings. The molecule has 0 radical (unpaired) electrons. The predicted octanol–water partition coefficient (Wildman–Crippen LogP) is -1.17. The van der Waals surface area contributed by atoms with Crippen LogP contribution in [0.15, 0.2) is 6.33 Å². The van der Waals surface area contributed by atoms with E-state index in [-0.39, 0.29) is 22.5 Å². The summed E-state index contributed by atoms with van der Waals surface area (Å²) in [6, 6.07) is 0. The van der Waals surface area contributed by atoms with Gasteiger partial charge in [-0.15, -0.1) is 0 Å². The van der Waals surface area contributed by atoms with Gasteiger partial charge in [-0.05, 0) is 13.8 Å². The van der Waals surface area contributed by atoms with E-state index in [1.807, 2.05) is 0 Å². The molecule has 4 atom stereocenters. The van der Waals surface area contributed by atoms with Gasteiger partial charge < -0.3 is 24.7 Å². The van der Waals surface area contributed by atoms with Crippen molar-refractivity contribution in [3.63, 3.8) is 0 Å². The summed E-state index contributed by atoms with van der Waals surface area (Å²) >= 11 is 0. The lowest BCUT2D eigenvalue weighted by atomic mass is 10.1. The van der Waals surface area contributed by atoms with Crippen LogP contribution in [-0.2, 0) is 33.4 Å². The van der Waals surface area contributed by atoms with Gasteiger partial charge in [0.1, 0.15) is 30.5 Å². The molecule has 0 amide bonds. The molecule has 2 aromatic rings. The first-order valence-electron chi connectivity index (χ1n) is 8.76. The largest absolute Gasteiger partial charge is 0.464 e. The zero-order valence-electron chi connectivity index (χ0n) is 16.2. The Morgan fingerprint density at radius 3 is 2.67 bits per heavy atom. The molecule has 4 heterocycles. The average Bonchev–Trinajstić information content (AvgIpc) is 3.28. The van der Waals surface area contributed by atoms with Crippen molar-refractivity contribution in [3.8, 4) is 0 Å². The number of methoxy groups -OCH3 is 1. The van der Waals surface area contributed by atoms with E-state index in [0.717, 1.165) is 0 Å². The molecule has 14 nitrogen and oxygen atoms in total. The van der Waals surface area contributed by atoms with Gasteiger partial charge in [0, 0.05) is 0 Å². The van der Waals surface area contributed by atoms with Crippen LogP contribution in [0.3, 0.4) is 0 Å². The summed E-state index contributed by atoms with van der Waals surface area (Å²) in [5.74, 6) is -1.70. The van der Waals surface area contributed by atoms with Crippen LogP contribution < -0.4 is 10.9 Å². The molecule has 0 unspecified atom stereocenters. The third-order valence-corrected chi connectivity index (χ3v) is 5.12. The Morgan fingerprint density at radius 1 is 1.30 bits per heavy atom. The van der Waals surface area contributed by atoms with E-state index < -0.39 is 53.2 Å². The van der Waals surface area contributed by atoms with Crippen LogP contribution in [0.1, 0.15) is 30.6 Å². The molecular weight excluding hydrogens is 424 g/mol. The first kappa shape index (κ1) is 20.8. The van der Waals surface area contributed by atoms with Gasteiger partial charge in [0.05, 0.1) is 19.1 Å². The number of anilines is 1. The molecule has 2 aromatic heterocycles. The van der Waals surface area contributed by atoms with Crippen molar-refractivity contribution < 1.29 is 36.3 Å². The number of hydrogen-bond acceptors (Lipinski definition) is 12. The highest BCUT2D eigenvalue weighted by molar-refractivity contribution is 7.84. The lowest BCUT2D eigenvalue weighted by Gasteiger charge is -2.24.